The number of carbonyl (C=O) groups is 2. The Labute approximate surface area is 187 Å². The van der Waals surface area contributed by atoms with Crippen LogP contribution in [0.3, 0.4) is 0 Å². The van der Waals surface area contributed by atoms with E-state index in [0.717, 1.165) is 24.3 Å². The molecule has 0 atom stereocenters. The SMILES string of the molecule is Cc1ccc(S(=O)(=O)Nc2ccc(C(N)=O)cc2)cc1C(=O)Nc1cccc(C(F)(F)F)c1. The van der Waals surface area contributed by atoms with Gasteiger partial charge in [0.25, 0.3) is 15.9 Å². The molecule has 0 saturated heterocycles. The fourth-order valence-corrected chi connectivity index (χ4v) is 3.99. The Morgan fingerprint density at radius 2 is 1.58 bits per heavy atom. The van der Waals surface area contributed by atoms with Crippen molar-refractivity contribution < 1.29 is 31.2 Å². The number of alkyl halides is 3. The van der Waals surface area contributed by atoms with Crippen molar-refractivity contribution in [3.8, 4) is 0 Å². The van der Waals surface area contributed by atoms with Gasteiger partial charge in [-0.3, -0.25) is 14.3 Å². The highest BCUT2D eigenvalue weighted by molar-refractivity contribution is 7.92. The first-order chi connectivity index (χ1) is 15.4. The predicted molar refractivity (Wildman–Crippen MR) is 116 cm³/mol. The number of sulfonamides is 1. The molecule has 11 heteroatoms. The third-order valence-electron chi connectivity index (χ3n) is 4.63. The maximum absolute atomic E-state index is 12.9. The van der Waals surface area contributed by atoms with Crippen molar-refractivity contribution in [1.29, 1.82) is 0 Å². The molecule has 0 aliphatic carbocycles. The van der Waals surface area contributed by atoms with Crippen molar-refractivity contribution in [3.63, 3.8) is 0 Å². The van der Waals surface area contributed by atoms with Crippen molar-refractivity contribution in [1.82, 2.24) is 0 Å². The number of halogens is 3. The molecule has 0 spiro atoms. The summed E-state index contributed by atoms with van der Waals surface area (Å²) in [6.07, 6.45) is -4.58. The summed E-state index contributed by atoms with van der Waals surface area (Å²) in [5.41, 5.74) is 4.89. The number of rotatable bonds is 6. The second kappa shape index (κ2) is 8.94. The number of hydrogen-bond acceptors (Lipinski definition) is 4. The van der Waals surface area contributed by atoms with Crippen LogP contribution in [-0.2, 0) is 16.2 Å². The van der Waals surface area contributed by atoms with Gasteiger partial charge in [-0.1, -0.05) is 12.1 Å². The molecule has 0 aliphatic heterocycles. The van der Waals surface area contributed by atoms with Gasteiger partial charge in [0.1, 0.15) is 0 Å². The minimum atomic E-state index is -4.58. The van der Waals surface area contributed by atoms with Crippen LogP contribution in [0.15, 0.2) is 71.6 Å². The first-order valence-electron chi connectivity index (χ1n) is 9.39. The van der Waals surface area contributed by atoms with E-state index in [1.165, 1.54) is 42.5 Å². The third-order valence-corrected chi connectivity index (χ3v) is 6.01. The summed E-state index contributed by atoms with van der Waals surface area (Å²) in [6, 6.07) is 13.3. The van der Waals surface area contributed by atoms with Gasteiger partial charge in [-0.15, -0.1) is 0 Å². The Morgan fingerprint density at radius 1 is 0.909 bits per heavy atom. The molecule has 3 aromatic carbocycles. The maximum atomic E-state index is 12.9. The van der Waals surface area contributed by atoms with Gasteiger partial charge in [0.2, 0.25) is 5.91 Å². The van der Waals surface area contributed by atoms with E-state index < -0.39 is 33.6 Å². The Morgan fingerprint density at radius 3 is 2.18 bits per heavy atom. The monoisotopic (exact) mass is 477 g/mol. The lowest BCUT2D eigenvalue weighted by molar-refractivity contribution is -0.137. The molecule has 0 bridgehead atoms. The van der Waals surface area contributed by atoms with Gasteiger partial charge in [0.05, 0.1) is 10.5 Å². The van der Waals surface area contributed by atoms with Crippen LogP contribution in [-0.4, -0.2) is 20.2 Å². The normalized spacial score (nSPS) is 11.6. The molecule has 0 unspecified atom stereocenters. The highest BCUT2D eigenvalue weighted by Crippen LogP contribution is 2.31. The molecule has 7 nitrogen and oxygen atoms in total. The van der Waals surface area contributed by atoms with Crippen molar-refractivity contribution in [3.05, 3.63) is 89.0 Å². The van der Waals surface area contributed by atoms with Gasteiger partial charge in [-0.25, -0.2) is 8.42 Å². The van der Waals surface area contributed by atoms with Crippen LogP contribution in [0.2, 0.25) is 0 Å². The standard InChI is InChI=1S/C22H18F3N3O4S/c1-13-5-10-18(33(31,32)28-16-8-6-14(7-9-16)20(26)29)12-19(13)21(30)27-17-4-2-3-15(11-17)22(23,24)25/h2-12,28H,1H3,(H2,26,29)(H,27,30). The van der Waals surface area contributed by atoms with Gasteiger partial charge in [0, 0.05) is 22.5 Å². The number of aryl methyl sites for hydroxylation is 1. The number of benzene rings is 3. The lowest BCUT2D eigenvalue weighted by Crippen LogP contribution is -2.17. The Balaban J connectivity index is 1.85. The van der Waals surface area contributed by atoms with Gasteiger partial charge in [-0.2, -0.15) is 13.2 Å². The van der Waals surface area contributed by atoms with Crippen molar-refractivity contribution >= 4 is 33.2 Å². The van der Waals surface area contributed by atoms with Crippen molar-refractivity contribution in [2.45, 2.75) is 18.0 Å². The summed E-state index contributed by atoms with van der Waals surface area (Å²) in [5, 5.41) is 2.36. The smallest absolute Gasteiger partial charge is 0.366 e. The van der Waals surface area contributed by atoms with E-state index in [0.29, 0.717) is 5.56 Å². The quantitative estimate of drug-likeness (QED) is 0.494. The number of primary amides is 1. The lowest BCUT2D eigenvalue weighted by Gasteiger charge is -2.13. The molecule has 0 saturated carbocycles. The minimum absolute atomic E-state index is 0.0284. The topological polar surface area (TPSA) is 118 Å². The minimum Gasteiger partial charge on any atom is -0.366 e. The molecule has 3 rings (SSSR count). The van der Waals surface area contributed by atoms with E-state index in [-0.39, 0.29) is 27.4 Å². The summed E-state index contributed by atoms with van der Waals surface area (Å²) in [5.74, 6) is -1.44. The van der Waals surface area contributed by atoms with E-state index >= 15 is 0 Å². The zero-order valence-electron chi connectivity index (χ0n) is 17.1. The number of anilines is 2. The molecule has 33 heavy (non-hydrogen) atoms. The third kappa shape index (κ3) is 5.69. The van der Waals surface area contributed by atoms with Gasteiger partial charge < -0.3 is 11.1 Å². The van der Waals surface area contributed by atoms with E-state index in [2.05, 4.69) is 10.0 Å². The first-order valence-corrected chi connectivity index (χ1v) is 10.9. The molecule has 0 heterocycles. The molecule has 172 valence electrons. The fraction of sp³-hybridized carbons (Fsp3) is 0.0909. The number of nitrogens with two attached hydrogens (primary N) is 1. The highest BCUT2D eigenvalue weighted by atomic mass is 32.2. The van der Waals surface area contributed by atoms with Crippen LogP contribution >= 0.6 is 0 Å². The maximum Gasteiger partial charge on any atom is 0.416 e. The second-order valence-corrected chi connectivity index (χ2v) is 8.74. The van der Waals surface area contributed by atoms with E-state index in [1.54, 1.807) is 6.92 Å². The highest BCUT2D eigenvalue weighted by Gasteiger charge is 2.30. The fourth-order valence-electron chi connectivity index (χ4n) is 2.90. The van der Waals surface area contributed by atoms with Crippen molar-refractivity contribution in [2.75, 3.05) is 10.0 Å². The van der Waals surface area contributed by atoms with Gasteiger partial charge in [-0.05, 0) is 67.1 Å². The summed E-state index contributed by atoms with van der Waals surface area (Å²) < 4.78 is 66.6. The molecule has 0 aromatic heterocycles. The summed E-state index contributed by atoms with van der Waals surface area (Å²) in [7, 11) is -4.11. The lowest BCUT2D eigenvalue weighted by atomic mass is 10.1. The molecular weight excluding hydrogens is 459 g/mol. The molecule has 0 fully saturated rings. The van der Waals surface area contributed by atoms with E-state index in [1.807, 2.05) is 0 Å². The molecule has 4 N–H and O–H groups in total. The van der Waals surface area contributed by atoms with Crippen molar-refractivity contribution in [2.24, 2.45) is 5.73 Å². The summed E-state index contributed by atoms with van der Waals surface area (Å²) in [6.45, 7) is 1.56. The zero-order chi connectivity index (χ0) is 24.4. The molecule has 3 aromatic rings. The van der Waals surface area contributed by atoms with Gasteiger partial charge >= 0.3 is 6.18 Å². The van der Waals surface area contributed by atoms with E-state index in [9.17, 15) is 31.2 Å². The van der Waals surface area contributed by atoms with Crippen LogP contribution in [0.25, 0.3) is 0 Å². The van der Waals surface area contributed by atoms with Crippen LogP contribution in [0, 0.1) is 6.92 Å². The van der Waals surface area contributed by atoms with Crippen LogP contribution in [0.1, 0.15) is 31.8 Å². The summed E-state index contributed by atoms with van der Waals surface area (Å²) >= 11 is 0. The van der Waals surface area contributed by atoms with E-state index in [4.69, 9.17) is 5.73 Å². The largest absolute Gasteiger partial charge is 0.416 e. The molecular formula is C22H18F3N3O4S. The number of nitrogens with one attached hydrogen (secondary N) is 2. The average molecular weight is 477 g/mol. The zero-order valence-corrected chi connectivity index (χ0v) is 17.9. The average Bonchev–Trinajstić information content (AvgIpc) is 2.73. The Kier molecular flexibility index (Phi) is 6.45. The Bertz CT molecular complexity index is 1320. The van der Waals surface area contributed by atoms with Gasteiger partial charge in [0.15, 0.2) is 0 Å². The second-order valence-electron chi connectivity index (χ2n) is 7.06. The van der Waals surface area contributed by atoms with Crippen LogP contribution < -0.4 is 15.8 Å². The molecule has 0 radical (unpaired) electrons. The van der Waals surface area contributed by atoms with Crippen LogP contribution in [0.4, 0.5) is 24.5 Å². The molecule has 0 aliphatic rings. The number of carbonyl (C=O) groups excluding carboxylic acids is 2. The number of hydrogen-bond donors (Lipinski definition) is 3. The van der Waals surface area contributed by atoms with Crippen LogP contribution in [0.5, 0.6) is 0 Å². The Hall–Kier alpha value is -3.86. The number of amides is 2. The summed E-state index contributed by atoms with van der Waals surface area (Å²) in [4.78, 5) is 23.6. The molecule has 2 amide bonds. The first kappa shape index (κ1) is 23.8. The predicted octanol–water partition coefficient (Wildman–Crippen LogP) is 4.17.